The third kappa shape index (κ3) is 2.46. The van der Waals surface area contributed by atoms with Crippen molar-refractivity contribution >= 4 is 17.5 Å². The zero-order chi connectivity index (χ0) is 13.2. The van der Waals surface area contributed by atoms with Gasteiger partial charge in [-0.1, -0.05) is 12.1 Å². The Labute approximate surface area is 112 Å². The van der Waals surface area contributed by atoms with Gasteiger partial charge < -0.3 is 15.5 Å². The summed E-state index contributed by atoms with van der Waals surface area (Å²) in [5.41, 5.74) is 2.04. The lowest BCUT2D eigenvalue weighted by Gasteiger charge is -2.27. The number of benzene rings is 1. The monoisotopic (exact) mass is 259 g/mol. The molecule has 2 heterocycles. The molecule has 2 saturated heterocycles. The lowest BCUT2D eigenvalue weighted by Crippen LogP contribution is -2.51. The average molecular weight is 259 g/mol. The number of carbonyl (C=O) groups excluding carboxylic acids is 2. The van der Waals surface area contributed by atoms with Gasteiger partial charge in [-0.15, -0.1) is 0 Å². The standard InChI is InChI=1S/C14H17N3O2/c18-13-9-17(14(19)8-16-13)11-5-3-10(4-6-11)12-2-1-7-15-12/h3-6,12,15H,1-2,7-9H2,(H,16,18). The van der Waals surface area contributed by atoms with Gasteiger partial charge in [0.15, 0.2) is 0 Å². The van der Waals surface area contributed by atoms with Crippen LogP contribution in [0.25, 0.3) is 0 Å². The van der Waals surface area contributed by atoms with Gasteiger partial charge >= 0.3 is 0 Å². The molecule has 100 valence electrons. The molecule has 2 amide bonds. The number of hydrogen-bond acceptors (Lipinski definition) is 3. The van der Waals surface area contributed by atoms with Crippen molar-refractivity contribution in [3.05, 3.63) is 29.8 Å². The van der Waals surface area contributed by atoms with E-state index in [4.69, 9.17) is 0 Å². The minimum atomic E-state index is -0.110. The van der Waals surface area contributed by atoms with E-state index >= 15 is 0 Å². The van der Waals surface area contributed by atoms with Crippen LogP contribution in [0.4, 0.5) is 5.69 Å². The molecule has 5 nitrogen and oxygen atoms in total. The van der Waals surface area contributed by atoms with Crippen LogP contribution in [0.2, 0.25) is 0 Å². The first-order chi connectivity index (χ1) is 9.24. The Morgan fingerprint density at radius 3 is 2.63 bits per heavy atom. The van der Waals surface area contributed by atoms with Crippen LogP contribution in [0.1, 0.15) is 24.4 Å². The van der Waals surface area contributed by atoms with Crippen LogP contribution in [-0.2, 0) is 9.59 Å². The third-order valence-electron chi connectivity index (χ3n) is 3.71. The first-order valence-electron chi connectivity index (χ1n) is 6.64. The van der Waals surface area contributed by atoms with Crippen molar-refractivity contribution in [2.75, 3.05) is 24.5 Å². The third-order valence-corrected chi connectivity index (χ3v) is 3.71. The molecule has 2 N–H and O–H groups in total. The molecular weight excluding hydrogens is 242 g/mol. The molecule has 1 aromatic carbocycles. The molecule has 2 aliphatic rings. The van der Waals surface area contributed by atoms with Gasteiger partial charge in [0.1, 0.15) is 6.54 Å². The highest BCUT2D eigenvalue weighted by molar-refractivity contribution is 6.04. The van der Waals surface area contributed by atoms with Crippen LogP contribution in [0.3, 0.4) is 0 Å². The van der Waals surface area contributed by atoms with Crippen LogP contribution in [0, 0.1) is 0 Å². The smallest absolute Gasteiger partial charge is 0.246 e. The van der Waals surface area contributed by atoms with Crippen LogP contribution >= 0.6 is 0 Å². The fraction of sp³-hybridized carbons (Fsp3) is 0.429. The van der Waals surface area contributed by atoms with E-state index in [2.05, 4.69) is 10.6 Å². The molecule has 19 heavy (non-hydrogen) atoms. The molecule has 1 aromatic rings. The number of piperazine rings is 1. The quantitative estimate of drug-likeness (QED) is 0.816. The van der Waals surface area contributed by atoms with Gasteiger partial charge in [0, 0.05) is 11.7 Å². The Hall–Kier alpha value is -1.88. The summed E-state index contributed by atoms with van der Waals surface area (Å²) in [5, 5.41) is 5.99. The number of nitrogens with zero attached hydrogens (tertiary/aromatic N) is 1. The summed E-state index contributed by atoms with van der Waals surface area (Å²) in [6.07, 6.45) is 2.36. The molecule has 0 radical (unpaired) electrons. The number of anilines is 1. The van der Waals surface area contributed by atoms with Crippen molar-refractivity contribution < 1.29 is 9.59 Å². The van der Waals surface area contributed by atoms with Crippen LogP contribution in [0.5, 0.6) is 0 Å². The molecular formula is C14H17N3O2. The number of nitrogens with one attached hydrogen (secondary N) is 2. The molecule has 0 saturated carbocycles. The Morgan fingerprint density at radius 1 is 1.16 bits per heavy atom. The predicted molar refractivity (Wildman–Crippen MR) is 71.8 cm³/mol. The summed E-state index contributed by atoms with van der Waals surface area (Å²) in [5.74, 6) is -0.174. The van der Waals surface area contributed by atoms with Crippen LogP contribution < -0.4 is 15.5 Å². The lowest BCUT2D eigenvalue weighted by molar-refractivity contribution is -0.128. The molecule has 3 rings (SSSR count). The van der Waals surface area contributed by atoms with Gasteiger partial charge in [-0.2, -0.15) is 0 Å². The van der Waals surface area contributed by atoms with Gasteiger partial charge in [-0.05, 0) is 37.1 Å². The molecule has 0 bridgehead atoms. The zero-order valence-electron chi connectivity index (χ0n) is 10.7. The van der Waals surface area contributed by atoms with Crippen molar-refractivity contribution in [1.29, 1.82) is 0 Å². The summed E-state index contributed by atoms with van der Waals surface area (Å²) >= 11 is 0. The highest BCUT2D eigenvalue weighted by Crippen LogP contribution is 2.25. The molecule has 0 aliphatic carbocycles. The second kappa shape index (κ2) is 5.01. The van der Waals surface area contributed by atoms with Gasteiger partial charge in [-0.25, -0.2) is 0 Å². The average Bonchev–Trinajstić information content (AvgIpc) is 2.96. The zero-order valence-corrected chi connectivity index (χ0v) is 10.7. The molecule has 0 spiro atoms. The Kier molecular flexibility index (Phi) is 3.21. The van der Waals surface area contributed by atoms with Gasteiger partial charge in [-0.3, -0.25) is 9.59 Å². The van der Waals surface area contributed by atoms with E-state index in [1.54, 1.807) is 0 Å². The molecule has 1 atom stereocenters. The SMILES string of the molecule is O=C1CN(c2ccc(C3CCCN3)cc2)C(=O)CN1. The summed E-state index contributed by atoms with van der Waals surface area (Å²) in [7, 11) is 0. The molecule has 2 fully saturated rings. The van der Waals surface area contributed by atoms with Crippen molar-refractivity contribution in [3.63, 3.8) is 0 Å². The number of hydrogen-bond donors (Lipinski definition) is 2. The van der Waals surface area contributed by atoms with Crippen molar-refractivity contribution in [3.8, 4) is 0 Å². The van der Waals surface area contributed by atoms with E-state index in [0.717, 1.165) is 18.7 Å². The minimum Gasteiger partial charge on any atom is -0.345 e. The van der Waals surface area contributed by atoms with Crippen molar-refractivity contribution in [2.24, 2.45) is 0 Å². The highest BCUT2D eigenvalue weighted by Gasteiger charge is 2.24. The molecule has 2 aliphatic heterocycles. The summed E-state index contributed by atoms with van der Waals surface area (Å²) in [4.78, 5) is 24.7. The second-order valence-electron chi connectivity index (χ2n) is 5.00. The summed E-state index contributed by atoms with van der Waals surface area (Å²) in [6, 6.07) is 8.35. The van der Waals surface area contributed by atoms with E-state index in [9.17, 15) is 9.59 Å². The predicted octanol–water partition coefficient (Wildman–Crippen LogP) is 0.574. The Bertz CT molecular complexity index is 492. The first-order valence-corrected chi connectivity index (χ1v) is 6.64. The Balaban J connectivity index is 1.77. The molecule has 0 aromatic heterocycles. The van der Waals surface area contributed by atoms with Gasteiger partial charge in [0.05, 0.1) is 6.54 Å². The van der Waals surface area contributed by atoms with E-state index in [0.29, 0.717) is 6.04 Å². The Morgan fingerprint density at radius 2 is 1.95 bits per heavy atom. The minimum absolute atomic E-state index is 0.0636. The number of carbonyl (C=O) groups is 2. The number of rotatable bonds is 2. The van der Waals surface area contributed by atoms with Crippen molar-refractivity contribution in [1.82, 2.24) is 10.6 Å². The largest absolute Gasteiger partial charge is 0.345 e. The maximum atomic E-state index is 11.8. The molecule has 5 heteroatoms. The normalized spacial score (nSPS) is 23.6. The van der Waals surface area contributed by atoms with E-state index < -0.39 is 0 Å². The fourth-order valence-corrected chi connectivity index (χ4v) is 2.65. The van der Waals surface area contributed by atoms with Crippen molar-refractivity contribution in [2.45, 2.75) is 18.9 Å². The van der Waals surface area contributed by atoms with E-state index in [1.807, 2.05) is 24.3 Å². The molecule has 1 unspecified atom stereocenters. The van der Waals surface area contributed by atoms with Gasteiger partial charge in [0.25, 0.3) is 0 Å². The van der Waals surface area contributed by atoms with Crippen LogP contribution in [-0.4, -0.2) is 31.4 Å². The fourth-order valence-electron chi connectivity index (χ4n) is 2.65. The highest BCUT2D eigenvalue weighted by atomic mass is 16.2. The summed E-state index contributed by atoms with van der Waals surface area (Å²) < 4.78 is 0. The van der Waals surface area contributed by atoms with Crippen LogP contribution in [0.15, 0.2) is 24.3 Å². The maximum Gasteiger partial charge on any atom is 0.246 e. The van der Waals surface area contributed by atoms with E-state index in [-0.39, 0.29) is 24.9 Å². The maximum absolute atomic E-state index is 11.8. The number of amides is 2. The lowest BCUT2D eigenvalue weighted by atomic mass is 10.0. The topological polar surface area (TPSA) is 61.4 Å². The van der Waals surface area contributed by atoms with Gasteiger partial charge in [0.2, 0.25) is 11.8 Å². The van der Waals surface area contributed by atoms with E-state index in [1.165, 1.54) is 16.9 Å². The summed E-state index contributed by atoms with van der Waals surface area (Å²) in [6.45, 7) is 1.27. The second-order valence-corrected chi connectivity index (χ2v) is 5.00. The first kappa shape index (κ1) is 12.2.